The second-order valence-corrected chi connectivity index (χ2v) is 9.07. The van der Waals surface area contributed by atoms with E-state index in [1.54, 1.807) is 0 Å². The lowest BCUT2D eigenvalue weighted by molar-refractivity contribution is 0.0248. The SMILES string of the molecule is CC(CN1CCOCC1)C(CCCN1CCOCC1)(c1ccccc1)c1ccccc1. The van der Waals surface area contributed by atoms with Gasteiger partial charge >= 0.3 is 0 Å². The van der Waals surface area contributed by atoms with Crippen molar-refractivity contribution >= 4 is 0 Å². The number of hydrogen-bond acceptors (Lipinski definition) is 4. The first-order valence-electron chi connectivity index (χ1n) is 12.0. The summed E-state index contributed by atoms with van der Waals surface area (Å²) in [6.07, 6.45) is 2.35. The van der Waals surface area contributed by atoms with Gasteiger partial charge in [0, 0.05) is 38.1 Å². The van der Waals surface area contributed by atoms with Gasteiger partial charge in [0.15, 0.2) is 0 Å². The lowest BCUT2D eigenvalue weighted by Gasteiger charge is -2.44. The van der Waals surface area contributed by atoms with Gasteiger partial charge in [-0.15, -0.1) is 0 Å². The van der Waals surface area contributed by atoms with E-state index in [2.05, 4.69) is 77.4 Å². The maximum atomic E-state index is 5.61. The molecule has 0 aliphatic carbocycles. The zero-order valence-corrected chi connectivity index (χ0v) is 19.0. The number of hydrogen-bond donors (Lipinski definition) is 0. The average Bonchev–Trinajstić information content (AvgIpc) is 2.84. The Morgan fingerprint density at radius 2 is 1.23 bits per heavy atom. The fraction of sp³-hybridized carbons (Fsp3) is 0.556. The quantitative estimate of drug-likeness (QED) is 0.609. The lowest BCUT2D eigenvalue weighted by atomic mass is 9.63. The van der Waals surface area contributed by atoms with Crippen LogP contribution in [0.3, 0.4) is 0 Å². The normalized spacial score (nSPS) is 19.9. The zero-order chi connectivity index (χ0) is 21.4. The van der Waals surface area contributed by atoms with Crippen LogP contribution in [0, 0.1) is 5.92 Å². The van der Waals surface area contributed by atoms with E-state index < -0.39 is 0 Å². The zero-order valence-electron chi connectivity index (χ0n) is 19.0. The minimum Gasteiger partial charge on any atom is -0.379 e. The first-order chi connectivity index (χ1) is 15.3. The molecule has 1 atom stereocenters. The Balaban J connectivity index is 1.62. The van der Waals surface area contributed by atoms with Gasteiger partial charge < -0.3 is 9.47 Å². The highest BCUT2D eigenvalue weighted by molar-refractivity contribution is 5.40. The van der Waals surface area contributed by atoms with Crippen LogP contribution < -0.4 is 0 Å². The van der Waals surface area contributed by atoms with Gasteiger partial charge in [0.1, 0.15) is 0 Å². The van der Waals surface area contributed by atoms with Crippen LogP contribution in [0.2, 0.25) is 0 Å². The smallest absolute Gasteiger partial charge is 0.0594 e. The summed E-state index contributed by atoms with van der Waals surface area (Å²) in [7, 11) is 0. The van der Waals surface area contributed by atoms with Crippen molar-refractivity contribution in [1.82, 2.24) is 9.80 Å². The monoisotopic (exact) mass is 422 g/mol. The summed E-state index contributed by atoms with van der Waals surface area (Å²) in [4.78, 5) is 5.16. The van der Waals surface area contributed by atoms with E-state index >= 15 is 0 Å². The van der Waals surface area contributed by atoms with E-state index in [9.17, 15) is 0 Å². The highest BCUT2D eigenvalue weighted by atomic mass is 16.5. The van der Waals surface area contributed by atoms with Gasteiger partial charge in [0.05, 0.1) is 26.4 Å². The highest BCUT2D eigenvalue weighted by Gasteiger charge is 2.40. The van der Waals surface area contributed by atoms with E-state index in [1.807, 2.05) is 0 Å². The van der Waals surface area contributed by atoms with Crippen LogP contribution in [0.25, 0.3) is 0 Å². The number of nitrogens with zero attached hydrogens (tertiary/aromatic N) is 2. The molecule has 1 unspecified atom stereocenters. The number of morpholine rings is 2. The summed E-state index contributed by atoms with van der Waals surface area (Å²) in [5.74, 6) is 0.500. The van der Waals surface area contributed by atoms with Gasteiger partial charge in [0.2, 0.25) is 0 Å². The van der Waals surface area contributed by atoms with E-state index in [4.69, 9.17) is 9.47 Å². The number of ether oxygens (including phenoxy) is 2. The topological polar surface area (TPSA) is 24.9 Å². The Labute approximate surface area is 188 Å². The summed E-state index contributed by atoms with van der Waals surface area (Å²) in [6.45, 7) is 12.4. The molecule has 2 aromatic carbocycles. The van der Waals surface area contributed by atoms with Crippen LogP contribution in [0.1, 0.15) is 30.9 Å². The highest BCUT2D eigenvalue weighted by Crippen LogP contribution is 2.44. The molecule has 0 N–H and O–H groups in total. The summed E-state index contributed by atoms with van der Waals surface area (Å²) >= 11 is 0. The molecule has 168 valence electrons. The lowest BCUT2D eigenvalue weighted by Crippen LogP contribution is -2.46. The molecule has 2 aliphatic rings. The number of benzene rings is 2. The standard InChI is InChI=1S/C27H38N2O2/c1-24(23-29-17-21-31-22-18-29)27(25-9-4-2-5-10-25,26-11-6-3-7-12-26)13-8-14-28-15-19-30-20-16-28/h2-7,9-12,24H,8,13-23H2,1H3. The van der Waals surface area contributed by atoms with E-state index in [0.29, 0.717) is 5.92 Å². The molecule has 0 saturated carbocycles. The third kappa shape index (κ3) is 5.56. The Morgan fingerprint density at radius 1 is 0.742 bits per heavy atom. The summed E-state index contributed by atoms with van der Waals surface area (Å²) in [5, 5.41) is 0. The molecule has 0 bridgehead atoms. The molecule has 4 heteroatoms. The molecule has 31 heavy (non-hydrogen) atoms. The average molecular weight is 423 g/mol. The second kappa shape index (κ2) is 11.2. The Hall–Kier alpha value is -1.72. The molecule has 2 heterocycles. The Morgan fingerprint density at radius 3 is 1.74 bits per heavy atom. The molecule has 0 spiro atoms. The molecule has 0 amide bonds. The first-order valence-corrected chi connectivity index (χ1v) is 12.0. The Kier molecular flexibility index (Phi) is 8.15. The van der Waals surface area contributed by atoms with Crippen LogP contribution in [0.4, 0.5) is 0 Å². The molecule has 2 saturated heterocycles. The minimum atomic E-state index is 0.00705. The molecule has 2 aromatic rings. The maximum Gasteiger partial charge on any atom is 0.0594 e. The largest absolute Gasteiger partial charge is 0.379 e. The van der Waals surface area contributed by atoms with Crippen LogP contribution >= 0.6 is 0 Å². The van der Waals surface area contributed by atoms with Crippen molar-refractivity contribution in [3.63, 3.8) is 0 Å². The molecule has 4 nitrogen and oxygen atoms in total. The van der Waals surface area contributed by atoms with Crippen molar-refractivity contribution in [3.05, 3.63) is 71.8 Å². The second-order valence-electron chi connectivity index (χ2n) is 9.07. The van der Waals surface area contributed by atoms with Gasteiger partial charge in [-0.3, -0.25) is 9.80 Å². The molecule has 4 rings (SSSR count). The third-order valence-electron chi connectivity index (χ3n) is 7.20. The molecule has 2 fully saturated rings. The van der Waals surface area contributed by atoms with Crippen molar-refractivity contribution in [2.45, 2.75) is 25.2 Å². The van der Waals surface area contributed by atoms with Crippen molar-refractivity contribution < 1.29 is 9.47 Å². The first kappa shape index (κ1) is 22.5. The van der Waals surface area contributed by atoms with Gasteiger partial charge in [-0.05, 0) is 36.4 Å². The summed E-state index contributed by atoms with van der Waals surface area (Å²) < 4.78 is 11.2. The van der Waals surface area contributed by atoms with Gasteiger partial charge in [-0.25, -0.2) is 0 Å². The number of rotatable bonds is 9. The van der Waals surface area contributed by atoms with Gasteiger partial charge in [-0.2, -0.15) is 0 Å². The van der Waals surface area contributed by atoms with Crippen LogP contribution in [0.15, 0.2) is 60.7 Å². The van der Waals surface area contributed by atoms with Crippen molar-refractivity contribution in [3.8, 4) is 0 Å². The summed E-state index contributed by atoms with van der Waals surface area (Å²) in [6, 6.07) is 22.5. The predicted molar refractivity (Wildman–Crippen MR) is 127 cm³/mol. The molecular formula is C27H38N2O2. The van der Waals surface area contributed by atoms with Gasteiger partial charge in [-0.1, -0.05) is 67.6 Å². The minimum absolute atomic E-state index is 0.00705. The van der Waals surface area contributed by atoms with Crippen LogP contribution in [-0.2, 0) is 14.9 Å². The predicted octanol–water partition coefficient (Wildman–Crippen LogP) is 4.05. The molecule has 0 radical (unpaired) electrons. The van der Waals surface area contributed by atoms with Crippen molar-refractivity contribution in [2.75, 3.05) is 65.7 Å². The Bertz CT molecular complexity index is 716. The van der Waals surface area contributed by atoms with Crippen LogP contribution in [0.5, 0.6) is 0 Å². The van der Waals surface area contributed by atoms with E-state index in [0.717, 1.165) is 72.1 Å². The molecule has 2 aliphatic heterocycles. The molecular weight excluding hydrogens is 384 g/mol. The van der Waals surface area contributed by atoms with Crippen molar-refractivity contribution in [2.24, 2.45) is 5.92 Å². The fourth-order valence-electron chi connectivity index (χ4n) is 5.48. The van der Waals surface area contributed by atoms with Gasteiger partial charge in [0.25, 0.3) is 0 Å². The summed E-state index contributed by atoms with van der Waals surface area (Å²) in [5.41, 5.74) is 2.90. The fourth-order valence-corrected chi connectivity index (χ4v) is 5.48. The van der Waals surface area contributed by atoms with E-state index in [-0.39, 0.29) is 5.41 Å². The third-order valence-corrected chi connectivity index (χ3v) is 7.20. The maximum absolute atomic E-state index is 5.61. The van der Waals surface area contributed by atoms with Crippen molar-refractivity contribution in [1.29, 1.82) is 0 Å². The van der Waals surface area contributed by atoms with E-state index in [1.165, 1.54) is 17.5 Å². The molecule has 0 aromatic heterocycles. The van der Waals surface area contributed by atoms with Crippen LogP contribution in [-0.4, -0.2) is 75.5 Å².